The molecule has 0 bridgehead atoms. The van der Waals surface area contributed by atoms with E-state index in [2.05, 4.69) is 0 Å². The first-order valence-electron chi connectivity index (χ1n) is 8.67. The minimum absolute atomic E-state index is 0.129. The quantitative estimate of drug-likeness (QED) is 0.761. The van der Waals surface area contributed by atoms with Gasteiger partial charge in [0.05, 0.1) is 18.6 Å². The average Bonchev–Trinajstić information content (AvgIpc) is 3.31. The highest BCUT2D eigenvalue weighted by atomic mass is 32.2. The molecule has 27 heavy (non-hydrogen) atoms. The lowest BCUT2D eigenvalue weighted by molar-refractivity contribution is -0.145. The molecule has 0 radical (unpaired) electrons. The summed E-state index contributed by atoms with van der Waals surface area (Å²) < 4.78 is 36.7. The predicted octanol–water partition coefficient (Wildman–Crippen LogP) is 2.20. The SMILES string of the molecule is CCOC(=O)[C@@]1(N)[C@H](c2ccc(OC)cc2)[C@@H]1S(=O)(=O)c1ccc(C)cc1. The van der Waals surface area contributed by atoms with Crippen molar-refractivity contribution in [2.24, 2.45) is 5.73 Å². The van der Waals surface area contributed by atoms with Crippen molar-refractivity contribution in [2.75, 3.05) is 13.7 Å². The lowest BCUT2D eigenvalue weighted by Gasteiger charge is -2.11. The number of hydrogen-bond donors (Lipinski definition) is 1. The van der Waals surface area contributed by atoms with Crippen LogP contribution in [0, 0.1) is 6.92 Å². The molecule has 3 rings (SSSR count). The zero-order chi connectivity index (χ0) is 19.8. The van der Waals surface area contributed by atoms with Crippen molar-refractivity contribution in [2.45, 2.75) is 35.4 Å². The molecular formula is C20H23NO5S. The van der Waals surface area contributed by atoms with Crippen LogP contribution in [0.3, 0.4) is 0 Å². The Morgan fingerprint density at radius 2 is 1.70 bits per heavy atom. The number of carbonyl (C=O) groups excluding carboxylic acids is 1. The second-order valence-electron chi connectivity index (χ2n) is 6.68. The van der Waals surface area contributed by atoms with Crippen molar-refractivity contribution < 1.29 is 22.7 Å². The molecule has 0 unspecified atom stereocenters. The Morgan fingerprint density at radius 3 is 2.22 bits per heavy atom. The van der Waals surface area contributed by atoms with Crippen LogP contribution in [0.5, 0.6) is 5.75 Å². The lowest BCUT2D eigenvalue weighted by atomic mass is 10.1. The van der Waals surface area contributed by atoms with E-state index in [1.54, 1.807) is 62.6 Å². The van der Waals surface area contributed by atoms with Gasteiger partial charge in [0.15, 0.2) is 9.84 Å². The molecule has 2 aromatic carbocycles. The molecule has 1 aliphatic rings. The molecule has 0 spiro atoms. The molecule has 6 nitrogen and oxygen atoms in total. The average molecular weight is 389 g/mol. The van der Waals surface area contributed by atoms with E-state index in [-0.39, 0.29) is 11.5 Å². The van der Waals surface area contributed by atoms with Gasteiger partial charge in [-0.25, -0.2) is 13.2 Å². The van der Waals surface area contributed by atoms with E-state index in [1.165, 1.54) is 0 Å². The summed E-state index contributed by atoms with van der Waals surface area (Å²) in [5.74, 6) is -0.753. The number of sulfone groups is 1. The van der Waals surface area contributed by atoms with Crippen molar-refractivity contribution in [3.05, 3.63) is 59.7 Å². The van der Waals surface area contributed by atoms with Crippen LogP contribution in [0.25, 0.3) is 0 Å². The fourth-order valence-corrected chi connectivity index (χ4v) is 5.67. The van der Waals surface area contributed by atoms with Crippen LogP contribution in [-0.2, 0) is 19.4 Å². The number of methoxy groups -OCH3 is 1. The van der Waals surface area contributed by atoms with E-state index in [0.717, 1.165) is 5.56 Å². The van der Waals surface area contributed by atoms with Crippen LogP contribution in [0.2, 0.25) is 0 Å². The maximum absolute atomic E-state index is 13.2. The van der Waals surface area contributed by atoms with Gasteiger partial charge in [0.1, 0.15) is 16.5 Å². The van der Waals surface area contributed by atoms with Crippen LogP contribution >= 0.6 is 0 Å². The normalized spacial score (nSPS) is 24.3. The highest BCUT2D eigenvalue weighted by Crippen LogP contribution is 2.56. The number of esters is 1. The Labute approximate surface area is 159 Å². The van der Waals surface area contributed by atoms with Gasteiger partial charge < -0.3 is 15.2 Å². The van der Waals surface area contributed by atoms with Crippen molar-refractivity contribution in [3.63, 3.8) is 0 Å². The number of ether oxygens (including phenoxy) is 2. The maximum Gasteiger partial charge on any atom is 0.328 e. The van der Waals surface area contributed by atoms with Crippen LogP contribution in [0.4, 0.5) is 0 Å². The number of carbonyl (C=O) groups is 1. The standard InChI is InChI=1S/C20H23NO5S/c1-4-26-19(22)20(21)17(14-7-9-15(25-3)10-8-14)18(20)27(23,24)16-11-5-13(2)6-12-16/h5-12,17-18H,4,21H2,1-3H3/t17-,18+,20-/m1/s1. The van der Waals surface area contributed by atoms with Gasteiger partial charge in [-0.3, -0.25) is 0 Å². The van der Waals surface area contributed by atoms with Gasteiger partial charge in [-0.05, 0) is 43.7 Å². The summed E-state index contributed by atoms with van der Waals surface area (Å²) in [5.41, 5.74) is 6.32. The maximum atomic E-state index is 13.2. The Kier molecular flexibility index (Phi) is 5.01. The van der Waals surface area contributed by atoms with Crippen LogP contribution in [-0.4, -0.2) is 38.9 Å². The number of rotatable bonds is 6. The number of hydrogen-bond acceptors (Lipinski definition) is 6. The molecule has 3 atom stereocenters. The third-order valence-electron chi connectivity index (χ3n) is 4.97. The van der Waals surface area contributed by atoms with E-state index in [0.29, 0.717) is 11.3 Å². The number of benzene rings is 2. The summed E-state index contributed by atoms with van der Waals surface area (Å²) in [6, 6.07) is 13.4. The third kappa shape index (κ3) is 3.21. The molecule has 2 N–H and O–H groups in total. The van der Waals surface area contributed by atoms with Gasteiger partial charge >= 0.3 is 5.97 Å². The Hall–Kier alpha value is -2.38. The third-order valence-corrected chi connectivity index (χ3v) is 7.23. The summed E-state index contributed by atoms with van der Waals surface area (Å²) in [4.78, 5) is 12.7. The molecular weight excluding hydrogens is 366 g/mol. The molecule has 1 aliphatic carbocycles. The van der Waals surface area contributed by atoms with E-state index in [4.69, 9.17) is 15.2 Å². The van der Waals surface area contributed by atoms with Gasteiger partial charge in [-0.1, -0.05) is 29.8 Å². The predicted molar refractivity (Wildman–Crippen MR) is 101 cm³/mol. The van der Waals surface area contributed by atoms with E-state index in [9.17, 15) is 13.2 Å². The van der Waals surface area contributed by atoms with Gasteiger partial charge in [-0.2, -0.15) is 0 Å². The fourth-order valence-electron chi connectivity index (χ4n) is 3.45. The molecule has 0 aromatic heterocycles. The molecule has 1 saturated carbocycles. The summed E-state index contributed by atoms with van der Waals surface area (Å²) >= 11 is 0. The van der Waals surface area contributed by atoms with Crippen molar-refractivity contribution in [1.82, 2.24) is 0 Å². The summed E-state index contributed by atoms with van der Waals surface area (Å²) in [5, 5.41) is -1.08. The minimum Gasteiger partial charge on any atom is -0.497 e. The topological polar surface area (TPSA) is 95.7 Å². The highest BCUT2D eigenvalue weighted by molar-refractivity contribution is 7.92. The first-order chi connectivity index (χ1) is 12.8. The minimum atomic E-state index is -3.82. The summed E-state index contributed by atoms with van der Waals surface area (Å²) in [7, 11) is -2.28. The van der Waals surface area contributed by atoms with Crippen LogP contribution < -0.4 is 10.5 Å². The van der Waals surface area contributed by atoms with E-state index >= 15 is 0 Å². The molecule has 2 aromatic rings. The van der Waals surface area contributed by atoms with Crippen LogP contribution in [0.15, 0.2) is 53.4 Å². The Balaban J connectivity index is 2.04. The molecule has 144 valence electrons. The van der Waals surface area contributed by atoms with E-state index in [1.807, 2.05) is 6.92 Å². The van der Waals surface area contributed by atoms with Gasteiger partial charge in [0.2, 0.25) is 0 Å². The highest BCUT2D eigenvalue weighted by Gasteiger charge is 2.74. The van der Waals surface area contributed by atoms with Gasteiger partial charge in [-0.15, -0.1) is 0 Å². The molecule has 0 aliphatic heterocycles. The lowest BCUT2D eigenvalue weighted by Crippen LogP contribution is -2.41. The first kappa shape index (κ1) is 19.4. The van der Waals surface area contributed by atoms with E-state index < -0.39 is 32.5 Å². The molecule has 0 saturated heterocycles. The largest absolute Gasteiger partial charge is 0.497 e. The summed E-state index contributed by atoms with van der Waals surface area (Å²) in [6.07, 6.45) is 0. The molecule has 0 amide bonds. The summed E-state index contributed by atoms with van der Waals surface area (Å²) in [6.45, 7) is 3.67. The molecule has 0 heterocycles. The number of nitrogens with two attached hydrogens (primary N) is 1. The Morgan fingerprint density at radius 1 is 1.11 bits per heavy atom. The Bertz CT molecular complexity index is 937. The van der Waals surface area contributed by atoms with Crippen LogP contribution in [0.1, 0.15) is 24.0 Å². The number of aryl methyl sites for hydroxylation is 1. The molecule has 1 fully saturated rings. The monoisotopic (exact) mass is 389 g/mol. The fraction of sp³-hybridized carbons (Fsp3) is 0.350. The van der Waals surface area contributed by atoms with Gasteiger partial charge in [0.25, 0.3) is 0 Å². The molecule has 7 heteroatoms. The zero-order valence-corrected chi connectivity index (χ0v) is 16.3. The van der Waals surface area contributed by atoms with Crippen molar-refractivity contribution >= 4 is 15.8 Å². The second-order valence-corrected chi connectivity index (χ2v) is 8.75. The second kappa shape index (κ2) is 6.98. The van der Waals surface area contributed by atoms with Crippen molar-refractivity contribution in [1.29, 1.82) is 0 Å². The zero-order valence-electron chi connectivity index (χ0n) is 15.5. The van der Waals surface area contributed by atoms with Gasteiger partial charge in [0, 0.05) is 5.92 Å². The smallest absolute Gasteiger partial charge is 0.328 e. The van der Waals surface area contributed by atoms with Crippen molar-refractivity contribution in [3.8, 4) is 5.75 Å². The first-order valence-corrected chi connectivity index (χ1v) is 10.2.